The zero-order valence-corrected chi connectivity index (χ0v) is 18.6. The predicted molar refractivity (Wildman–Crippen MR) is 117 cm³/mol. The number of rotatable bonds is 6. The number of pyridine rings is 1. The normalized spacial score (nSPS) is 12.3. The Hall–Kier alpha value is -3.21. The number of nitrogens with zero attached hydrogens (tertiary/aromatic N) is 3. The molecule has 0 bridgehead atoms. The number of unbranched alkanes of at least 4 members (excludes halogenated alkanes) is 1. The summed E-state index contributed by atoms with van der Waals surface area (Å²) in [5, 5.41) is 6.35. The SMILES string of the molecule is CCCCc1ccc(-c2ccc(-c3nc(-c4cc(C(F)(F)F)cc(C(F)(F)F)c4)n[nH]3)nc2)s1. The van der Waals surface area contributed by atoms with Crippen LogP contribution in [0.1, 0.15) is 35.8 Å². The number of hydrogen-bond donors (Lipinski definition) is 1. The lowest BCUT2D eigenvalue weighted by atomic mass is 10.0. The van der Waals surface area contributed by atoms with Gasteiger partial charge in [0.2, 0.25) is 0 Å². The Bertz CT molecular complexity index is 1240. The van der Waals surface area contributed by atoms with Crippen molar-refractivity contribution in [1.29, 1.82) is 0 Å². The Morgan fingerprint density at radius 3 is 2.18 bits per heavy atom. The zero-order chi connectivity index (χ0) is 24.5. The van der Waals surface area contributed by atoms with Gasteiger partial charge in [0.25, 0.3) is 0 Å². The Balaban J connectivity index is 1.61. The third-order valence-electron chi connectivity index (χ3n) is 5.06. The molecule has 0 amide bonds. The van der Waals surface area contributed by atoms with Crippen LogP contribution in [0.3, 0.4) is 0 Å². The largest absolute Gasteiger partial charge is 0.416 e. The van der Waals surface area contributed by atoms with Gasteiger partial charge in [-0.1, -0.05) is 13.3 Å². The van der Waals surface area contributed by atoms with E-state index in [1.165, 1.54) is 4.88 Å². The van der Waals surface area contributed by atoms with Crippen LogP contribution in [0.5, 0.6) is 0 Å². The van der Waals surface area contributed by atoms with Gasteiger partial charge in [0.15, 0.2) is 11.6 Å². The van der Waals surface area contributed by atoms with E-state index in [1.807, 2.05) is 12.1 Å². The first-order valence-electron chi connectivity index (χ1n) is 10.3. The number of alkyl halides is 6. The lowest BCUT2D eigenvalue weighted by Gasteiger charge is -2.13. The van der Waals surface area contributed by atoms with Gasteiger partial charge in [0.05, 0.1) is 11.1 Å². The van der Waals surface area contributed by atoms with Gasteiger partial charge in [-0.05, 0) is 55.3 Å². The number of H-pyrrole nitrogens is 1. The minimum absolute atomic E-state index is 0.0651. The highest BCUT2D eigenvalue weighted by Crippen LogP contribution is 2.38. The van der Waals surface area contributed by atoms with Crippen LogP contribution >= 0.6 is 11.3 Å². The number of aromatic amines is 1. The first-order chi connectivity index (χ1) is 16.0. The van der Waals surface area contributed by atoms with Crippen molar-refractivity contribution in [2.45, 2.75) is 38.5 Å². The topological polar surface area (TPSA) is 54.5 Å². The number of aryl methyl sites for hydroxylation is 1. The van der Waals surface area contributed by atoms with Crippen LogP contribution in [0.25, 0.3) is 33.3 Å². The van der Waals surface area contributed by atoms with Gasteiger partial charge in [-0.15, -0.1) is 11.3 Å². The maximum atomic E-state index is 13.1. The highest BCUT2D eigenvalue weighted by atomic mass is 32.1. The third-order valence-corrected chi connectivity index (χ3v) is 6.25. The number of hydrogen-bond acceptors (Lipinski definition) is 4. The molecule has 11 heteroatoms. The standard InChI is InChI=1S/C23H18F6N4S/c1-2-3-4-17-6-8-19(34-17)13-5-7-18(30-12-13)21-31-20(32-33-21)14-9-15(22(24,25)26)11-16(10-14)23(27,28)29/h5-12H,2-4H2,1H3,(H,31,32,33). The molecule has 0 aliphatic rings. The molecule has 0 saturated heterocycles. The molecule has 0 saturated carbocycles. The summed E-state index contributed by atoms with van der Waals surface area (Å²) in [5.74, 6) is -0.168. The summed E-state index contributed by atoms with van der Waals surface area (Å²) < 4.78 is 78.8. The molecule has 3 heterocycles. The van der Waals surface area contributed by atoms with Crippen molar-refractivity contribution in [1.82, 2.24) is 20.2 Å². The average Bonchev–Trinajstić information content (AvgIpc) is 3.46. The van der Waals surface area contributed by atoms with Crippen LogP contribution in [0.15, 0.2) is 48.7 Å². The molecule has 4 nitrogen and oxygen atoms in total. The summed E-state index contributed by atoms with van der Waals surface area (Å²) >= 11 is 1.68. The maximum absolute atomic E-state index is 13.1. The van der Waals surface area contributed by atoms with E-state index in [0.29, 0.717) is 17.8 Å². The van der Waals surface area contributed by atoms with Crippen molar-refractivity contribution in [3.8, 4) is 33.3 Å². The van der Waals surface area contributed by atoms with Crippen molar-refractivity contribution >= 4 is 11.3 Å². The quantitative estimate of drug-likeness (QED) is 0.279. The van der Waals surface area contributed by atoms with Gasteiger partial charge in [0, 0.05) is 27.1 Å². The Labute approximate surface area is 194 Å². The molecule has 3 aromatic heterocycles. The number of aromatic nitrogens is 4. The average molecular weight is 496 g/mol. The minimum atomic E-state index is -4.95. The van der Waals surface area contributed by atoms with Crippen LogP contribution in [0, 0.1) is 0 Å². The monoisotopic (exact) mass is 496 g/mol. The van der Waals surface area contributed by atoms with Crippen LogP contribution in [0.4, 0.5) is 26.3 Å². The molecule has 1 aromatic carbocycles. The Morgan fingerprint density at radius 2 is 1.59 bits per heavy atom. The fourth-order valence-corrected chi connectivity index (χ4v) is 4.33. The highest BCUT2D eigenvalue weighted by molar-refractivity contribution is 7.15. The van der Waals surface area contributed by atoms with Crippen LogP contribution in [-0.2, 0) is 18.8 Å². The number of nitrogens with one attached hydrogen (secondary N) is 1. The number of thiophene rings is 1. The van der Waals surface area contributed by atoms with Crippen molar-refractivity contribution in [3.05, 3.63) is 64.7 Å². The molecule has 0 unspecified atom stereocenters. The summed E-state index contributed by atoms with van der Waals surface area (Å²) in [4.78, 5) is 10.7. The third kappa shape index (κ3) is 5.30. The molecule has 4 rings (SSSR count). The Kier molecular flexibility index (Phi) is 6.48. The van der Waals surface area contributed by atoms with Crippen LogP contribution in [0.2, 0.25) is 0 Å². The number of halogens is 6. The van der Waals surface area contributed by atoms with Crippen molar-refractivity contribution in [2.75, 3.05) is 0 Å². The first kappa shape index (κ1) is 23.9. The van der Waals surface area contributed by atoms with Gasteiger partial charge in [-0.25, -0.2) is 4.98 Å². The molecule has 4 aromatic rings. The molecule has 1 N–H and O–H groups in total. The van der Waals surface area contributed by atoms with Gasteiger partial charge >= 0.3 is 12.4 Å². The lowest BCUT2D eigenvalue weighted by molar-refractivity contribution is -0.143. The fraction of sp³-hybridized carbons (Fsp3) is 0.261. The van der Waals surface area contributed by atoms with Crippen molar-refractivity contribution in [2.24, 2.45) is 0 Å². The van der Waals surface area contributed by atoms with E-state index in [2.05, 4.69) is 33.2 Å². The molecule has 178 valence electrons. The van der Waals surface area contributed by atoms with Crippen LogP contribution in [-0.4, -0.2) is 20.2 Å². The summed E-state index contributed by atoms with van der Waals surface area (Å²) in [6, 6.07) is 8.83. The molecule has 0 spiro atoms. The van der Waals surface area contributed by atoms with Gasteiger partial charge in [-0.3, -0.25) is 10.1 Å². The fourth-order valence-electron chi connectivity index (χ4n) is 3.29. The van der Waals surface area contributed by atoms with E-state index >= 15 is 0 Å². The molecular weight excluding hydrogens is 478 g/mol. The molecule has 0 aliphatic heterocycles. The van der Waals surface area contributed by atoms with Gasteiger partial charge < -0.3 is 0 Å². The van der Waals surface area contributed by atoms with Gasteiger partial charge in [0.1, 0.15) is 5.69 Å². The van der Waals surface area contributed by atoms with E-state index in [-0.39, 0.29) is 17.7 Å². The summed E-state index contributed by atoms with van der Waals surface area (Å²) in [6.07, 6.45) is -5.03. The van der Waals surface area contributed by atoms with E-state index in [0.717, 1.165) is 29.7 Å². The lowest BCUT2D eigenvalue weighted by Crippen LogP contribution is -2.11. The molecule has 0 atom stereocenters. The smallest absolute Gasteiger partial charge is 0.257 e. The summed E-state index contributed by atoms with van der Waals surface area (Å²) in [6.45, 7) is 2.13. The minimum Gasteiger partial charge on any atom is -0.257 e. The van der Waals surface area contributed by atoms with Crippen LogP contribution < -0.4 is 0 Å². The first-order valence-corrected chi connectivity index (χ1v) is 11.1. The van der Waals surface area contributed by atoms with E-state index in [4.69, 9.17) is 0 Å². The molecular formula is C23H18F6N4S. The van der Waals surface area contributed by atoms with E-state index in [9.17, 15) is 26.3 Å². The highest BCUT2D eigenvalue weighted by Gasteiger charge is 2.37. The Morgan fingerprint density at radius 1 is 0.882 bits per heavy atom. The second kappa shape index (κ2) is 9.21. The summed E-state index contributed by atoms with van der Waals surface area (Å²) in [7, 11) is 0. The summed E-state index contributed by atoms with van der Waals surface area (Å²) in [5.41, 5.74) is -2.02. The van der Waals surface area contributed by atoms with E-state index < -0.39 is 29.0 Å². The second-order valence-corrected chi connectivity index (χ2v) is 8.77. The molecule has 0 aliphatic carbocycles. The molecule has 0 fully saturated rings. The number of benzene rings is 1. The van der Waals surface area contributed by atoms with E-state index in [1.54, 1.807) is 23.6 Å². The zero-order valence-electron chi connectivity index (χ0n) is 17.8. The second-order valence-electron chi connectivity index (χ2n) is 7.60. The van der Waals surface area contributed by atoms with Gasteiger partial charge in [-0.2, -0.15) is 31.4 Å². The van der Waals surface area contributed by atoms with Crippen molar-refractivity contribution < 1.29 is 26.3 Å². The molecule has 34 heavy (non-hydrogen) atoms. The predicted octanol–water partition coefficient (Wildman–Crippen LogP) is 7.64. The maximum Gasteiger partial charge on any atom is 0.416 e. The van der Waals surface area contributed by atoms with Crippen molar-refractivity contribution in [3.63, 3.8) is 0 Å². The molecule has 0 radical (unpaired) electrons.